The Balaban J connectivity index is 3.14. The fraction of sp³-hybridized carbons (Fsp3) is 0.333. The summed E-state index contributed by atoms with van der Waals surface area (Å²) >= 11 is 0. The molecule has 0 amide bonds. The smallest absolute Gasteiger partial charge is 0.469 e. The van der Waals surface area contributed by atoms with E-state index in [2.05, 4.69) is 9.97 Å². The van der Waals surface area contributed by atoms with E-state index in [9.17, 15) is 10.1 Å². The first-order chi connectivity index (χ1) is 6.17. The average molecular weight is 185 g/mol. The van der Waals surface area contributed by atoms with Crippen molar-refractivity contribution in [3.8, 4) is 11.8 Å². The Hall–Kier alpha value is -1.92. The number of aromatic nitrogens is 2. The lowest BCUT2D eigenvalue weighted by Crippen LogP contribution is -2.00. The highest BCUT2D eigenvalue weighted by molar-refractivity contribution is 5.25. The van der Waals surface area contributed by atoms with Gasteiger partial charge < -0.3 is 19.6 Å². The molecular weight excluding hydrogens is 178 g/mol. The van der Waals surface area contributed by atoms with Crippen molar-refractivity contribution in [2.24, 2.45) is 0 Å². The fourth-order valence-corrected chi connectivity index (χ4v) is 0.683. The molecule has 0 aliphatic rings. The van der Waals surface area contributed by atoms with Gasteiger partial charge in [-0.05, 0) is 14.9 Å². The second-order valence-electron chi connectivity index (χ2n) is 2.01. The standard InChI is InChI=1S/C6H7N3O4/c1-12-4-3-5(13-2)8-6(7-4)9(10)11/h3H,1-2H3. The van der Waals surface area contributed by atoms with E-state index >= 15 is 0 Å². The van der Waals surface area contributed by atoms with E-state index in [0.717, 1.165) is 0 Å². The molecular formula is C6H7N3O4. The fourth-order valence-electron chi connectivity index (χ4n) is 0.683. The van der Waals surface area contributed by atoms with Crippen molar-refractivity contribution >= 4 is 5.95 Å². The second-order valence-corrected chi connectivity index (χ2v) is 2.01. The summed E-state index contributed by atoms with van der Waals surface area (Å²) in [6.45, 7) is 0. The first-order valence-corrected chi connectivity index (χ1v) is 3.29. The van der Waals surface area contributed by atoms with Crippen LogP contribution in [0, 0.1) is 10.1 Å². The van der Waals surface area contributed by atoms with Gasteiger partial charge in [0.25, 0.3) is 0 Å². The average Bonchev–Trinajstić information content (AvgIpc) is 2.16. The molecule has 1 heterocycles. The Kier molecular flexibility index (Phi) is 2.58. The lowest BCUT2D eigenvalue weighted by atomic mass is 10.6. The Labute approximate surface area is 73.5 Å². The van der Waals surface area contributed by atoms with Gasteiger partial charge >= 0.3 is 17.7 Å². The number of nitrogens with zero attached hydrogens (tertiary/aromatic N) is 3. The molecule has 0 fully saturated rings. The van der Waals surface area contributed by atoms with Gasteiger partial charge in [0.15, 0.2) is 0 Å². The molecule has 1 rings (SSSR count). The zero-order valence-corrected chi connectivity index (χ0v) is 7.05. The van der Waals surface area contributed by atoms with Crippen molar-refractivity contribution in [3.05, 3.63) is 16.2 Å². The van der Waals surface area contributed by atoms with Crippen molar-refractivity contribution in [1.29, 1.82) is 0 Å². The maximum absolute atomic E-state index is 10.3. The molecule has 7 heteroatoms. The van der Waals surface area contributed by atoms with Crippen LogP contribution < -0.4 is 9.47 Å². The number of ether oxygens (including phenoxy) is 2. The van der Waals surface area contributed by atoms with Crippen molar-refractivity contribution in [2.75, 3.05) is 14.2 Å². The maximum Gasteiger partial charge on any atom is 0.475 e. The summed E-state index contributed by atoms with van der Waals surface area (Å²) in [7, 11) is 2.71. The van der Waals surface area contributed by atoms with Crippen LogP contribution in [0.5, 0.6) is 11.8 Å². The van der Waals surface area contributed by atoms with Crippen LogP contribution in [0.15, 0.2) is 6.07 Å². The Morgan fingerprint density at radius 3 is 2.08 bits per heavy atom. The largest absolute Gasteiger partial charge is 0.475 e. The number of hydrogen-bond acceptors (Lipinski definition) is 6. The first-order valence-electron chi connectivity index (χ1n) is 3.29. The third-order valence-electron chi connectivity index (χ3n) is 1.25. The highest BCUT2D eigenvalue weighted by atomic mass is 16.6. The van der Waals surface area contributed by atoms with E-state index < -0.39 is 10.9 Å². The SMILES string of the molecule is COc1cc(OC)nc([N+](=O)[O-])n1. The third kappa shape index (κ3) is 2.01. The van der Waals surface area contributed by atoms with Gasteiger partial charge in [0.05, 0.1) is 20.3 Å². The molecule has 7 nitrogen and oxygen atoms in total. The van der Waals surface area contributed by atoms with Crippen LogP contribution in [0.1, 0.15) is 0 Å². The molecule has 0 aliphatic heterocycles. The number of methoxy groups -OCH3 is 2. The molecule has 0 N–H and O–H groups in total. The van der Waals surface area contributed by atoms with Gasteiger partial charge in [0.2, 0.25) is 0 Å². The summed E-state index contributed by atoms with van der Waals surface area (Å²) in [6.07, 6.45) is 0. The van der Waals surface area contributed by atoms with Gasteiger partial charge in [-0.15, -0.1) is 0 Å². The zero-order valence-electron chi connectivity index (χ0n) is 7.05. The summed E-state index contributed by atoms with van der Waals surface area (Å²) in [6, 6.07) is 1.35. The monoisotopic (exact) mass is 185 g/mol. The molecule has 0 spiro atoms. The summed E-state index contributed by atoms with van der Waals surface area (Å²) in [4.78, 5) is 16.6. The van der Waals surface area contributed by atoms with E-state index in [4.69, 9.17) is 9.47 Å². The summed E-state index contributed by atoms with van der Waals surface area (Å²) < 4.78 is 9.42. The molecule has 70 valence electrons. The second kappa shape index (κ2) is 3.65. The van der Waals surface area contributed by atoms with E-state index in [1.165, 1.54) is 20.3 Å². The normalized spacial score (nSPS) is 9.38. The van der Waals surface area contributed by atoms with Gasteiger partial charge in [-0.2, -0.15) is 0 Å². The summed E-state index contributed by atoms with van der Waals surface area (Å²) in [5.41, 5.74) is 0. The molecule has 1 aromatic rings. The molecule has 0 saturated heterocycles. The number of hydrogen-bond donors (Lipinski definition) is 0. The van der Waals surface area contributed by atoms with E-state index in [-0.39, 0.29) is 11.8 Å². The van der Waals surface area contributed by atoms with Gasteiger partial charge in [-0.1, -0.05) is 0 Å². The van der Waals surface area contributed by atoms with Crippen molar-refractivity contribution in [3.63, 3.8) is 0 Å². The van der Waals surface area contributed by atoms with Crippen LogP contribution in [0.25, 0.3) is 0 Å². The minimum atomic E-state index is -0.717. The van der Waals surface area contributed by atoms with Gasteiger partial charge in [0.1, 0.15) is 0 Å². The van der Waals surface area contributed by atoms with Gasteiger partial charge in [-0.25, -0.2) is 0 Å². The van der Waals surface area contributed by atoms with Crippen LogP contribution in [0.3, 0.4) is 0 Å². The molecule has 13 heavy (non-hydrogen) atoms. The lowest BCUT2D eigenvalue weighted by molar-refractivity contribution is -0.394. The minimum Gasteiger partial charge on any atom is -0.469 e. The van der Waals surface area contributed by atoms with E-state index in [1.807, 2.05) is 0 Å². The number of rotatable bonds is 3. The first kappa shape index (κ1) is 9.17. The van der Waals surface area contributed by atoms with Crippen molar-refractivity contribution in [2.45, 2.75) is 0 Å². The topological polar surface area (TPSA) is 87.4 Å². The van der Waals surface area contributed by atoms with Gasteiger partial charge in [0, 0.05) is 0 Å². The van der Waals surface area contributed by atoms with Crippen LogP contribution in [-0.2, 0) is 0 Å². The number of nitro groups is 1. The molecule has 0 aromatic carbocycles. The van der Waals surface area contributed by atoms with E-state index in [1.54, 1.807) is 0 Å². The minimum absolute atomic E-state index is 0.0959. The lowest BCUT2D eigenvalue weighted by Gasteiger charge is -1.97. The molecule has 0 radical (unpaired) electrons. The van der Waals surface area contributed by atoms with Crippen molar-refractivity contribution in [1.82, 2.24) is 9.97 Å². The maximum atomic E-state index is 10.3. The predicted molar refractivity (Wildman–Crippen MR) is 41.8 cm³/mol. The quantitative estimate of drug-likeness (QED) is 0.500. The van der Waals surface area contributed by atoms with E-state index in [0.29, 0.717) is 0 Å². The van der Waals surface area contributed by atoms with Gasteiger partial charge in [-0.3, -0.25) is 0 Å². The van der Waals surface area contributed by atoms with Crippen LogP contribution in [-0.4, -0.2) is 29.1 Å². The molecule has 0 atom stereocenters. The molecule has 0 saturated carbocycles. The summed E-state index contributed by atoms with van der Waals surface area (Å²) in [5.74, 6) is -0.353. The molecule has 0 unspecified atom stereocenters. The van der Waals surface area contributed by atoms with Crippen molar-refractivity contribution < 1.29 is 14.4 Å². The zero-order chi connectivity index (χ0) is 9.84. The molecule has 0 bridgehead atoms. The predicted octanol–water partition coefficient (Wildman–Crippen LogP) is 0.402. The highest BCUT2D eigenvalue weighted by Crippen LogP contribution is 2.17. The highest BCUT2D eigenvalue weighted by Gasteiger charge is 2.16. The third-order valence-corrected chi connectivity index (χ3v) is 1.25. The molecule has 0 aliphatic carbocycles. The Morgan fingerprint density at radius 1 is 1.31 bits per heavy atom. The van der Waals surface area contributed by atoms with Crippen LogP contribution in [0.4, 0.5) is 5.95 Å². The van der Waals surface area contributed by atoms with Crippen LogP contribution in [0.2, 0.25) is 0 Å². The summed E-state index contributed by atoms with van der Waals surface area (Å²) in [5, 5.41) is 10.3. The Morgan fingerprint density at radius 2 is 1.77 bits per heavy atom. The molecule has 1 aromatic heterocycles. The van der Waals surface area contributed by atoms with Crippen LogP contribution >= 0.6 is 0 Å². The Bertz CT molecular complexity index is 305.